The fourth-order valence-corrected chi connectivity index (χ4v) is 3.83. The van der Waals surface area contributed by atoms with Crippen LogP contribution < -0.4 is 4.90 Å². The molecule has 1 amide bonds. The van der Waals surface area contributed by atoms with Gasteiger partial charge in [-0.05, 0) is 25.5 Å². The number of pyridine rings is 1. The molecule has 2 heterocycles. The molecule has 6 nitrogen and oxygen atoms in total. The fraction of sp³-hybridized carbons (Fsp3) is 0.500. The lowest BCUT2D eigenvalue weighted by Gasteiger charge is -2.26. The van der Waals surface area contributed by atoms with Crippen molar-refractivity contribution in [2.75, 3.05) is 23.0 Å². The summed E-state index contributed by atoms with van der Waals surface area (Å²) in [6, 6.07) is 3.04. The van der Waals surface area contributed by atoms with E-state index in [1.54, 1.807) is 25.3 Å². The van der Waals surface area contributed by atoms with Crippen LogP contribution in [-0.2, 0) is 14.6 Å². The SMILES string of the molecule is CCOC(=O)N(c1cccnc1)C1CCS(=O)(=O)C1. The van der Waals surface area contributed by atoms with Crippen LogP contribution in [0.4, 0.5) is 10.5 Å². The Kier molecular flexibility index (Phi) is 4.04. The summed E-state index contributed by atoms with van der Waals surface area (Å²) in [6.07, 6.45) is 3.02. The third kappa shape index (κ3) is 3.23. The van der Waals surface area contributed by atoms with Gasteiger partial charge in [0.2, 0.25) is 0 Å². The van der Waals surface area contributed by atoms with Gasteiger partial charge in [0.05, 0.1) is 36.0 Å². The first kappa shape index (κ1) is 13.8. The predicted octanol–water partition coefficient (Wildman–Crippen LogP) is 1.23. The van der Waals surface area contributed by atoms with Crippen LogP contribution in [0.3, 0.4) is 0 Å². The molecule has 0 aliphatic carbocycles. The first-order chi connectivity index (χ1) is 9.03. The monoisotopic (exact) mass is 284 g/mol. The Morgan fingerprint density at radius 2 is 2.37 bits per heavy atom. The number of amides is 1. The second kappa shape index (κ2) is 5.56. The highest BCUT2D eigenvalue weighted by molar-refractivity contribution is 7.91. The topological polar surface area (TPSA) is 76.6 Å². The van der Waals surface area contributed by atoms with Gasteiger partial charge in [0, 0.05) is 6.20 Å². The van der Waals surface area contributed by atoms with E-state index >= 15 is 0 Å². The van der Waals surface area contributed by atoms with Crippen LogP contribution in [-0.4, -0.2) is 43.6 Å². The molecule has 7 heteroatoms. The van der Waals surface area contributed by atoms with Crippen molar-refractivity contribution in [2.24, 2.45) is 0 Å². The Labute approximate surface area is 112 Å². The molecule has 19 heavy (non-hydrogen) atoms. The molecule has 1 fully saturated rings. The lowest BCUT2D eigenvalue weighted by Crippen LogP contribution is -2.41. The fourth-order valence-electron chi connectivity index (χ4n) is 2.13. The standard InChI is InChI=1S/C12H16N2O4S/c1-2-18-12(15)14(10-4-3-6-13-8-10)11-5-7-19(16,17)9-11/h3-4,6,8,11H,2,5,7,9H2,1H3. The molecule has 1 atom stereocenters. The first-order valence-corrected chi connectivity index (χ1v) is 7.92. The summed E-state index contributed by atoms with van der Waals surface area (Å²) in [6.45, 7) is 1.96. The molecule has 1 aromatic heterocycles. The Hall–Kier alpha value is -1.63. The second-order valence-corrected chi connectivity index (χ2v) is 6.57. The highest BCUT2D eigenvalue weighted by atomic mass is 32.2. The van der Waals surface area contributed by atoms with Crippen LogP contribution in [0.25, 0.3) is 0 Å². The molecule has 0 radical (unpaired) electrons. The summed E-state index contributed by atoms with van der Waals surface area (Å²) >= 11 is 0. The largest absolute Gasteiger partial charge is 0.449 e. The highest BCUT2D eigenvalue weighted by Crippen LogP contribution is 2.24. The van der Waals surface area contributed by atoms with Gasteiger partial charge >= 0.3 is 6.09 Å². The number of carbonyl (C=O) groups is 1. The third-order valence-electron chi connectivity index (χ3n) is 2.96. The van der Waals surface area contributed by atoms with Crippen LogP contribution in [0.5, 0.6) is 0 Å². The molecule has 0 bridgehead atoms. The van der Waals surface area contributed by atoms with Crippen molar-refractivity contribution in [3.8, 4) is 0 Å². The van der Waals surface area contributed by atoms with Gasteiger partial charge in [-0.15, -0.1) is 0 Å². The maximum atomic E-state index is 12.0. The minimum atomic E-state index is -3.07. The van der Waals surface area contributed by atoms with E-state index in [4.69, 9.17) is 4.74 Å². The molecule has 2 rings (SSSR count). The minimum absolute atomic E-state index is 0.0271. The summed E-state index contributed by atoms with van der Waals surface area (Å²) < 4.78 is 28.1. The zero-order valence-corrected chi connectivity index (χ0v) is 11.5. The average Bonchev–Trinajstić information content (AvgIpc) is 2.71. The molecule has 0 spiro atoms. The first-order valence-electron chi connectivity index (χ1n) is 6.10. The lowest BCUT2D eigenvalue weighted by atomic mass is 10.2. The molecule has 1 unspecified atom stereocenters. The number of hydrogen-bond acceptors (Lipinski definition) is 5. The van der Waals surface area contributed by atoms with Crippen LogP contribution in [0.2, 0.25) is 0 Å². The van der Waals surface area contributed by atoms with E-state index in [1.165, 1.54) is 11.1 Å². The van der Waals surface area contributed by atoms with Gasteiger partial charge in [0.1, 0.15) is 0 Å². The summed E-state index contributed by atoms with van der Waals surface area (Å²) in [7, 11) is -3.07. The number of aromatic nitrogens is 1. The molecule has 1 aliphatic rings. The van der Waals surface area contributed by atoms with Gasteiger partial charge in [0.25, 0.3) is 0 Å². The van der Waals surface area contributed by atoms with Crippen LogP contribution in [0.1, 0.15) is 13.3 Å². The molecular formula is C12H16N2O4S. The smallest absolute Gasteiger partial charge is 0.414 e. The minimum Gasteiger partial charge on any atom is -0.449 e. The van der Waals surface area contributed by atoms with Gasteiger partial charge in [-0.25, -0.2) is 13.2 Å². The van der Waals surface area contributed by atoms with E-state index in [2.05, 4.69) is 4.98 Å². The van der Waals surface area contributed by atoms with Crippen molar-refractivity contribution >= 4 is 21.6 Å². The maximum absolute atomic E-state index is 12.0. The van der Waals surface area contributed by atoms with Crippen LogP contribution in [0, 0.1) is 0 Å². The van der Waals surface area contributed by atoms with E-state index < -0.39 is 15.9 Å². The van der Waals surface area contributed by atoms with Gasteiger partial charge in [0.15, 0.2) is 9.84 Å². The van der Waals surface area contributed by atoms with Crippen molar-refractivity contribution in [3.05, 3.63) is 24.5 Å². The lowest BCUT2D eigenvalue weighted by molar-refractivity contribution is 0.157. The Morgan fingerprint density at radius 1 is 1.58 bits per heavy atom. The zero-order chi connectivity index (χ0) is 13.9. The average molecular weight is 284 g/mol. The molecule has 104 valence electrons. The van der Waals surface area contributed by atoms with E-state index in [1.807, 2.05) is 0 Å². The summed E-state index contributed by atoms with van der Waals surface area (Å²) in [5.74, 6) is 0.0779. The zero-order valence-electron chi connectivity index (χ0n) is 10.7. The molecule has 0 saturated carbocycles. The summed E-state index contributed by atoms with van der Waals surface area (Å²) in [4.78, 5) is 17.4. The molecule has 1 aliphatic heterocycles. The molecule has 0 aromatic carbocycles. The Morgan fingerprint density at radius 3 is 2.89 bits per heavy atom. The predicted molar refractivity (Wildman–Crippen MR) is 70.8 cm³/mol. The van der Waals surface area contributed by atoms with Crippen LogP contribution in [0.15, 0.2) is 24.5 Å². The van der Waals surface area contributed by atoms with Gasteiger partial charge < -0.3 is 4.74 Å². The molecule has 0 N–H and O–H groups in total. The van der Waals surface area contributed by atoms with Crippen molar-refractivity contribution < 1.29 is 17.9 Å². The molecule has 1 saturated heterocycles. The van der Waals surface area contributed by atoms with Crippen molar-refractivity contribution in [1.82, 2.24) is 4.98 Å². The van der Waals surface area contributed by atoms with E-state index in [0.717, 1.165) is 0 Å². The normalized spacial score (nSPS) is 21.0. The number of carbonyl (C=O) groups excluding carboxylic acids is 1. The number of ether oxygens (including phenoxy) is 1. The van der Waals surface area contributed by atoms with Crippen LogP contribution >= 0.6 is 0 Å². The molecule has 1 aromatic rings. The molecular weight excluding hydrogens is 268 g/mol. The van der Waals surface area contributed by atoms with Gasteiger partial charge in [-0.3, -0.25) is 9.88 Å². The van der Waals surface area contributed by atoms with Crippen molar-refractivity contribution in [1.29, 1.82) is 0 Å². The Balaban J connectivity index is 2.28. The number of rotatable bonds is 3. The number of sulfone groups is 1. The van der Waals surface area contributed by atoms with Crippen molar-refractivity contribution in [3.63, 3.8) is 0 Å². The second-order valence-electron chi connectivity index (χ2n) is 4.34. The van der Waals surface area contributed by atoms with Gasteiger partial charge in [-0.2, -0.15) is 0 Å². The van der Waals surface area contributed by atoms with E-state index in [9.17, 15) is 13.2 Å². The summed E-state index contributed by atoms with van der Waals surface area (Å²) in [5.41, 5.74) is 0.558. The van der Waals surface area contributed by atoms with E-state index in [0.29, 0.717) is 12.1 Å². The van der Waals surface area contributed by atoms with Gasteiger partial charge in [-0.1, -0.05) is 0 Å². The number of hydrogen-bond donors (Lipinski definition) is 0. The number of nitrogens with zero attached hydrogens (tertiary/aromatic N) is 2. The highest BCUT2D eigenvalue weighted by Gasteiger charge is 2.36. The Bertz CT molecular complexity index is 544. The van der Waals surface area contributed by atoms with Crippen molar-refractivity contribution in [2.45, 2.75) is 19.4 Å². The summed E-state index contributed by atoms with van der Waals surface area (Å²) in [5, 5.41) is 0. The van der Waals surface area contributed by atoms with E-state index in [-0.39, 0.29) is 24.2 Å². The third-order valence-corrected chi connectivity index (χ3v) is 4.71. The maximum Gasteiger partial charge on any atom is 0.414 e. The quantitative estimate of drug-likeness (QED) is 0.834. The number of anilines is 1.